The summed E-state index contributed by atoms with van der Waals surface area (Å²) in [4.78, 5) is 32.0. The summed E-state index contributed by atoms with van der Waals surface area (Å²) in [7, 11) is 0. The van der Waals surface area contributed by atoms with Crippen molar-refractivity contribution in [2.75, 3.05) is 55.9 Å². The Bertz CT molecular complexity index is 1600. The number of hydrogen-bond acceptors (Lipinski definition) is 6. The molecule has 7 nitrogen and oxygen atoms in total. The molecular weight excluding hydrogens is 683 g/mol. The van der Waals surface area contributed by atoms with Crippen molar-refractivity contribution >= 4 is 23.3 Å². The lowest BCUT2D eigenvalue weighted by molar-refractivity contribution is -0.144. The van der Waals surface area contributed by atoms with Gasteiger partial charge in [0.2, 0.25) is 5.91 Å². The number of esters is 1. The van der Waals surface area contributed by atoms with Crippen LogP contribution in [0.1, 0.15) is 107 Å². The zero-order valence-electron chi connectivity index (χ0n) is 34.1. The van der Waals surface area contributed by atoms with Crippen LogP contribution in [0, 0.1) is 13.8 Å². The zero-order valence-corrected chi connectivity index (χ0v) is 34.1. The molecule has 2 aliphatic heterocycles. The second-order valence-electron chi connectivity index (χ2n) is 14.7. The third-order valence-electron chi connectivity index (χ3n) is 10.4. The number of anilines is 2. The Balaban J connectivity index is 1.06. The number of carbonyl (C=O) groups is 2. The molecule has 7 heteroatoms. The first kappa shape index (κ1) is 43.4. The number of amides is 1. The van der Waals surface area contributed by atoms with E-state index in [9.17, 15) is 9.59 Å². The van der Waals surface area contributed by atoms with Crippen LogP contribution < -0.4 is 14.5 Å². The van der Waals surface area contributed by atoms with E-state index in [2.05, 4.69) is 103 Å². The number of ether oxygens (including phenoxy) is 2. The first-order valence-corrected chi connectivity index (χ1v) is 21.0. The van der Waals surface area contributed by atoms with Crippen molar-refractivity contribution in [3.63, 3.8) is 0 Å². The van der Waals surface area contributed by atoms with Crippen molar-refractivity contribution in [3.05, 3.63) is 114 Å². The van der Waals surface area contributed by atoms with Crippen LogP contribution in [0.15, 0.2) is 97.2 Å². The van der Waals surface area contributed by atoms with Gasteiger partial charge >= 0.3 is 5.97 Å². The minimum absolute atomic E-state index is 0.0333. The van der Waals surface area contributed by atoms with Crippen LogP contribution in [0.2, 0.25) is 0 Å². The second kappa shape index (κ2) is 25.7. The fourth-order valence-corrected chi connectivity index (χ4v) is 6.91. The van der Waals surface area contributed by atoms with E-state index in [1.807, 2.05) is 24.3 Å². The van der Waals surface area contributed by atoms with E-state index in [1.165, 1.54) is 42.5 Å². The number of fused-ring (bicyclic) bond motifs is 1. The molecule has 4 rings (SSSR count). The van der Waals surface area contributed by atoms with Gasteiger partial charge in [-0.1, -0.05) is 98.7 Å². The summed E-state index contributed by atoms with van der Waals surface area (Å²) in [6.07, 6.45) is 34.7. The van der Waals surface area contributed by atoms with Gasteiger partial charge in [0, 0.05) is 50.8 Å². The normalized spacial score (nSPS) is 15.4. The van der Waals surface area contributed by atoms with Gasteiger partial charge in [-0.25, -0.2) is 0 Å². The van der Waals surface area contributed by atoms with E-state index in [0.717, 1.165) is 88.2 Å². The molecule has 298 valence electrons. The molecule has 0 unspecified atom stereocenters. The third-order valence-corrected chi connectivity index (χ3v) is 10.4. The Morgan fingerprint density at radius 3 is 2.09 bits per heavy atom. The van der Waals surface area contributed by atoms with Crippen LogP contribution in [-0.2, 0) is 20.7 Å². The number of benzene rings is 2. The van der Waals surface area contributed by atoms with Crippen LogP contribution in [0.4, 0.5) is 11.4 Å². The maximum absolute atomic E-state index is 12.9. The number of hydrogen-bond donors (Lipinski definition) is 0. The summed E-state index contributed by atoms with van der Waals surface area (Å²) in [6, 6.07) is 12.5. The number of aryl methyl sites for hydroxylation is 2. The highest BCUT2D eigenvalue weighted by Crippen LogP contribution is 2.32. The maximum Gasteiger partial charge on any atom is 0.307 e. The van der Waals surface area contributed by atoms with Crippen molar-refractivity contribution in [1.29, 1.82) is 0 Å². The van der Waals surface area contributed by atoms with E-state index in [-0.39, 0.29) is 25.0 Å². The molecule has 0 atom stereocenters. The van der Waals surface area contributed by atoms with Gasteiger partial charge in [-0.05, 0) is 113 Å². The number of carbonyl (C=O) groups excluding carboxylic acids is 2. The molecule has 0 spiro atoms. The van der Waals surface area contributed by atoms with Gasteiger partial charge in [0.1, 0.15) is 5.75 Å². The number of nitrogens with zero attached hydrogens (tertiary/aromatic N) is 3. The molecule has 1 amide bonds. The molecular formula is C48H67N3O4. The molecule has 55 heavy (non-hydrogen) atoms. The van der Waals surface area contributed by atoms with E-state index >= 15 is 0 Å². The van der Waals surface area contributed by atoms with E-state index in [0.29, 0.717) is 25.9 Å². The largest absolute Gasteiger partial charge is 0.494 e. The minimum Gasteiger partial charge on any atom is -0.494 e. The Morgan fingerprint density at radius 1 is 0.727 bits per heavy atom. The van der Waals surface area contributed by atoms with Gasteiger partial charge < -0.3 is 14.4 Å². The van der Waals surface area contributed by atoms with Gasteiger partial charge in [-0.3, -0.25) is 19.4 Å². The fourth-order valence-electron chi connectivity index (χ4n) is 6.91. The quantitative estimate of drug-likeness (QED) is 0.0605. The highest BCUT2D eigenvalue weighted by Gasteiger charge is 2.26. The van der Waals surface area contributed by atoms with Crippen LogP contribution in [0.3, 0.4) is 0 Å². The van der Waals surface area contributed by atoms with Crippen LogP contribution in [0.25, 0.3) is 0 Å². The lowest BCUT2D eigenvalue weighted by atomic mass is 10.0. The predicted octanol–water partition coefficient (Wildman–Crippen LogP) is 10.8. The van der Waals surface area contributed by atoms with Gasteiger partial charge in [-0.15, -0.1) is 0 Å². The average Bonchev–Trinajstić information content (AvgIpc) is 3.19. The minimum atomic E-state index is -0.304. The molecule has 0 aliphatic carbocycles. The molecule has 2 aromatic carbocycles. The number of allylic oxidation sites excluding steroid dienone is 10. The topological polar surface area (TPSA) is 62.3 Å². The molecule has 2 aliphatic rings. The Morgan fingerprint density at radius 2 is 1.40 bits per heavy atom. The molecule has 0 bridgehead atoms. The summed E-state index contributed by atoms with van der Waals surface area (Å²) in [5, 5.41) is 0. The smallest absolute Gasteiger partial charge is 0.307 e. The van der Waals surface area contributed by atoms with Crippen molar-refractivity contribution in [2.45, 2.75) is 111 Å². The summed E-state index contributed by atoms with van der Waals surface area (Å²) in [6.45, 7) is 12.6. The summed E-state index contributed by atoms with van der Waals surface area (Å²) < 4.78 is 11.7. The molecule has 1 saturated heterocycles. The highest BCUT2D eigenvalue weighted by atomic mass is 16.5. The van der Waals surface area contributed by atoms with E-state index in [1.54, 1.807) is 4.90 Å². The molecule has 0 N–H and O–H groups in total. The first-order chi connectivity index (χ1) is 27.0. The van der Waals surface area contributed by atoms with E-state index < -0.39 is 0 Å². The van der Waals surface area contributed by atoms with Crippen LogP contribution >= 0.6 is 0 Å². The van der Waals surface area contributed by atoms with Crippen molar-refractivity contribution in [3.8, 4) is 5.75 Å². The molecule has 1 fully saturated rings. The zero-order chi connectivity index (χ0) is 38.9. The average molecular weight is 750 g/mol. The van der Waals surface area contributed by atoms with Crippen LogP contribution in [0.5, 0.6) is 5.75 Å². The Hall–Kier alpha value is -4.36. The fraction of sp³-hybridized carbons (Fsp3) is 0.500. The lowest BCUT2D eigenvalue weighted by Gasteiger charge is -2.37. The van der Waals surface area contributed by atoms with Crippen molar-refractivity contribution in [2.24, 2.45) is 0 Å². The van der Waals surface area contributed by atoms with Crippen molar-refractivity contribution in [1.82, 2.24) is 4.90 Å². The molecule has 0 radical (unpaired) electrons. The molecule has 0 aromatic heterocycles. The summed E-state index contributed by atoms with van der Waals surface area (Å²) in [5.74, 6) is 0.404. The highest BCUT2D eigenvalue weighted by molar-refractivity contribution is 5.96. The Labute approximate surface area is 332 Å². The number of rotatable bonds is 24. The standard InChI is InChI=1S/C48H67N3O4/c1-4-5-6-7-8-9-10-11-12-13-14-15-16-17-18-19-20-21-22-28-48(53)55-40-51-46-39-44(31-29-43(46)30-32-47(51)52)54-38-24-23-33-49-34-36-50(37-35-49)45-27-25-26-41(2)42(45)3/h8-9,11-12,14-15,17-18,20-21,25-27,29,31,39H,4-7,10,13,16,19,22-24,28,30,32-38,40H2,1-3H3/b9-8-,12-11-,15-14-,18-17-,21-20-. The Kier molecular flexibility index (Phi) is 20.2. The van der Waals surface area contributed by atoms with Crippen LogP contribution in [-0.4, -0.2) is 62.8 Å². The van der Waals surface area contributed by atoms with Gasteiger partial charge in [-0.2, -0.15) is 0 Å². The second-order valence-corrected chi connectivity index (χ2v) is 14.7. The predicted molar refractivity (Wildman–Crippen MR) is 230 cm³/mol. The van der Waals surface area contributed by atoms with Crippen molar-refractivity contribution < 1.29 is 19.1 Å². The van der Waals surface area contributed by atoms with Gasteiger partial charge in [0.05, 0.1) is 12.3 Å². The van der Waals surface area contributed by atoms with Gasteiger partial charge in [0.25, 0.3) is 0 Å². The first-order valence-electron chi connectivity index (χ1n) is 21.0. The number of unbranched alkanes of at least 4 members (excludes halogenated alkanes) is 4. The SMILES string of the molecule is CCCCC/C=C\C/C=C\C/C=C\C/C=C\C/C=C\CCC(=O)OCN1C(=O)CCc2ccc(OCCCCN3CCN(c4cccc(C)c4C)CC3)cc21. The molecule has 2 heterocycles. The summed E-state index contributed by atoms with van der Waals surface area (Å²) in [5.41, 5.74) is 5.96. The third kappa shape index (κ3) is 16.1. The molecule has 2 aromatic rings. The maximum atomic E-state index is 12.9. The molecule has 0 saturated carbocycles. The van der Waals surface area contributed by atoms with Gasteiger partial charge in [0.15, 0.2) is 6.73 Å². The number of piperazine rings is 1. The monoisotopic (exact) mass is 750 g/mol. The summed E-state index contributed by atoms with van der Waals surface area (Å²) >= 11 is 0. The van der Waals surface area contributed by atoms with E-state index in [4.69, 9.17) is 9.47 Å². The lowest BCUT2D eigenvalue weighted by Crippen LogP contribution is -2.46.